The maximum Gasteiger partial charge on any atom is 0.333 e. The zero-order valence-electron chi connectivity index (χ0n) is 15.2. The van der Waals surface area contributed by atoms with Crippen molar-refractivity contribution in [2.75, 3.05) is 6.61 Å². The maximum atomic E-state index is 12.1. The molecule has 1 heterocycles. The van der Waals surface area contributed by atoms with Gasteiger partial charge in [0.1, 0.15) is 18.0 Å². The Morgan fingerprint density at radius 1 is 1.15 bits per heavy atom. The molecular weight excluding hydrogens is 376 g/mol. The summed E-state index contributed by atoms with van der Waals surface area (Å²) in [5, 5.41) is -0.456. The van der Waals surface area contributed by atoms with Crippen LogP contribution in [-0.4, -0.2) is 50.2 Å². The van der Waals surface area contributed by atoms with Crippen LogP contribution in [-0.2, 0) is 38.2 Å². The Bertz CT molecular complexity index is 755. The van der Waals surface area contributed by atoms with Crippen molar-refractivity contribution >= 4 is 27.8 Å². The molecule has 0 N–H and O–H groups in total. The van der Waals surface area contributed by atoms with E-state index in [4.69, 9.17) is 13.7 Å². The zero-order valence-corrected chi connectivity index (χ0v) is 16.0. The molecule has 0 aromatic heterocycles. The lowest BCUT2D eigenvalue weighted by Crippen LogP contribution is -2.37. The van der Waals surface area contributed by atoms with Crippen LogP contribution in [0.5, 0.6) is 0 Å². The van der Waals surface area contributed by atoms with Crippen molar-refractivity contribution < 1.29 is 36.5 Å². The number of ether oxygens (including phenoxy) is 2. The van der Waals surface area contributed by atoms with Gasteiger partial charge in [-0.15, -0.1) is 0 Å². The number of carbonyl (C=O) groups is 3. The third-order valence-electron chi connectivity index (χ3n) is 5.47. The molecule has 0 spiro atoms. The van der Waals surface area contributed by atoms with E-state index in [1.165, 1.54) is 0 Å². The van der Waals surface area contributed by atoms with Gasteiger partial charge in [-0.1, -0.05) is 6.58 Å². The van der Waals surface area contributed by atoms with Gasteiger partial charge in [-0.3, -0.25) is 13.8 Å². The third kappa shape index (κ3) is 4.24. The molecule has 9 heteroatoms. The molecular formula is C18H24O8S. The number of hydrogen-bond acceptors (Lipinski definition) is 8. The van der Waals surface area contributed by atoms with Crippen LogP contribution < -0.4 is 0 Å². The maximum absolute atomic E-state index is 12.1. The van der Waals surface area contributed by atoms with E-state index in [1.54, 1.807) is 6.92 Å². The van der Waals surface area contributed by atoms with Gasteiger partial charge in [0.05, 0.1) is 18.3 Å². The van der Waals surface area contributed by atoms with Crippen molar-refractivity contribution in [2.24, 2.45) is 11.8 Å². The molecule has 1 aliphatic heterocycles. The molecule has 2 saturated carbocycles. The zero-order chi connectivity index (χ0) is 19.8. The van der Waals surface area contributed by atoms with Crippen LogP contribution in [0.2, 0.25) is 0 Å². The summed E-state index contributed by atoms with van der Waals surface area (Å²) in [5.41, 5.74) is 0.301. The lowest BCUT2D eigenvalue weighted by Gasteiger charge is -2.24. The molecule has 27 heavy (non-hydrogen) atoms. The first kappa shape index (κ1) is 20.0. The molecule has 8 nitrogen and oxygen atoms in total. The average Bonchev–Trinajstić information content (AvgIpc) is 3.21. The van der Waals surface area contributed by atoms with Gasteiger partial charge in [0.15, 0.2) is 0 Å². The fourth-order valence-corrected chi connectivity index (χ4v) is 6.06. The fraction of sp³-hybridized carbons (Fsp3) is 0.722. The van der Waals surface area contributed by atoms with Gasteiger partial charge in [0.2, 0.25) is 0 Å². The molecule has 3 aliphatic rings. The second-order valence-corrected chi connectivity index (χ2v) is 9.28. The highest BCUT2D eigenvalue weighted by molar-refractivity contribution is 7.87. The van der Waals surface area contributed by atoms with Crippen molar-refractivity contribution in [1.82, 2.24) is 0 Å². The smallest absolute Gasteiger partial charge is 0.333 e. The van der Waals surface area contributed by atoms with E-state index in [1.807, 2.05) is 0 Å². The first-order chi connectivity index (χ1) is 12.7. The Morgan fingerprint density at radius 2 is 1.89 bits per heavy atom. The summed E-state index contributed by atoms with van der Waals surface area (Å²) in [6.45, 7) is 5.13. The van der Waals surface area contributed by atoms with Crippen LogP contribution in [0.1, 0.15) is 45.4 Å². The molecule has 1 saturated heterocycles. The summed E-state index contributed by atoms with van der Waals surface area (Å²) in [5.74, 6) is -1.19. The van der Waals surface area contributed by atoms with Crippen LogP contribution in [0.25, 0.3) is 0 Å². The van der Waals surface area contributed by atoms with Crippen LogP contribution in [0.4, 0.5) is 0 Å². The number of rotatable bonds is 9. The van der Waals surface area contributed by atoms with Crippen LogP contribution >= 0.6 is 0 Å². The highest BCUT2D eigenvalue weighted by Crippen LogP contribution is 2.55. The number of fused-ring (bicyclic) bond motifs is 1. The monoisotopic (exact) mass is 400 g/mol. The third-order valence-corrected chi connectivity index (χ3v) is 7.25. The molecule has 2 aliphatic carbocycles. The Kier molecular flexibility index (Phi) is 5.71. The van der Waals surface area contributed by atoms with Crippen molar-refractivity contribution in [2.45, 2.75) is 62.9 Å². The quantitative estimate of drug-likeness (QED) is 0.246. The van der Waals surface area contributed by atoms with Crippen molar-refractivity contribution in [3.63, 3.8) is 0 Å². The van der Waals surface area contributed by atoms with Crippen LogP contribution in [0, 0.1) is 11.8 Å². The molecule has 2 bridgehead atoms. The lowest BCUT2D eigenvalue weighted by molar-refractivity contribution is -0.156. The molecule has 0 radical (unpaired) electrons. The molecule has 3 rings (SSSR count). The lowest BCUT2D eigenvalue weighted by atomic mass is 9.94. The molecule has 150 valence electrons. The van der Waals surface area contributed by atoms with E-state index in [2.05, 4.69) is 6.58 Å². The van der Waals surface area contributed by atoms with Gasteiger partial charge in [-0.25, -0.2) is 4.79 Å². The van der Waals surface area contributed by atoms with Crippen LogP contribution in [0.3, 0.4) is 0 Å². The van der Waals surface area contributed by atoms with E-state index < -0.39 is 39.5 Å². The number of carbonyl (C=O) groups excluding carboxylic acids is 3. The van der Waals surface area contributed by atoms with Gasteiger partial charge in [0.25, 0.3) is 10.1 Å². The van der Waals surface area contributed by atoms with Crippen LogP contribution in [0.15, 0.2) is 12.2 Å². The first-order valence-electron chi connectivity index (χ1n) is 9.15. The van der Waals surface area contributed by atoms with Gasteiger partial charge in [-0.2, -0.15) is 8.42 Å². The normalized spacial score (nSPS) is 32.3. The minimum Gasteiger partial charge on any atom is -0.462 e. The predicted molar refractivity (Wildman–Crippen MR) is 92.9 cm³/mol. The fourth-order valence-electron chi connectivity index (χ4n) is 4.18. The predicted octanol–water partition coefficient (Wildman–Crippen LogP) is 1.28. The highest BCUT2D eigenvalue weighted by atomic mass is 32.2. The minimum atomic E-state index is -3.54. The minimum absolute atomic E-state index is 0.0185. The van der Waals surface area contributed by atoms with E-state index in [9.17, 15) is 22.8 Å². The number of ketones is 1. The molecule has 5 unspecified atom stereocenters. The summed E-state index contributed by atoms with van der Waals surface area (Å²) >= 11 is 0. The Morgan fingerprint density at radius 3 is 2.59 bits per heavy atom. The standard InChI is InChI=1S/C18H24O8S/c1-10(2)18(21)24-7-3-4-12(19)5-6-15(20)25-16-11-8-13-14(9-11)27(22,23)26-17(13)16/h11,13-14,16-17H,1,3-9H2,2H3. The summed E-state index contributed by atoms with van der Waals surface area (Å²) in [6.07, 6.45) is 0.652. The second-order valence-electron chi connectivity index (χ2n) is 7.50. The summed E-state index contributed by atoms with van der Waals surface area (Å²) in [4.78, 5) is 35.1. The van der Waals surface area contributed by atoms with Crippen molar-refractivity contribution in [1.29, 1.82) is 0 Å². The Hall–Kier alpha value is -1.74. The van der Waals surface area contributed by atoms with Crippen molar-refractivity contribution in [3.05, 3.63) is 12.2 Å². The first-order valence-corrected chi connectivity index (χ1v) is 10.6. The van der Waals surface area contributed by atoms with Gasteiger partial charge < -0.3 is 9.47 Å². The Labute approximate surface area is 158 Å². The summed E-state index contributed by atoms with van der Waals surface area (Å²) < 4.78 is 39.3. The molecule has 5 atom stereocenters. The Balaban J connectivity index is 1.35. The van der Waals surface area contributed by atoms with E-state index in [-0.39, 0.29) is 43.5 Å². The van der Waals surface area contributed by atoms with E-state index in [0.717, 1.165) is 0 Å². The van der Waals surface area contributed by atoms with E-state index in [0.29, 0.717) is 24.8 Å². The molecule has 3 fully saturated rings. The molecule has 0 aromatic carbocycles. The SMILES string of the molecule is C=C(C)C(=O)OCCCC(=O)CCC(=O)OC1C2CC3C1OS(=O)(=O)C3C2. The summed E-state index contributed by atoms with van der Waals surface area (Å²) in [6, 6.07) is 0. The van der Waals surface area contributed by atoms with Crippen molar-refractivity contribution in [3.8, 4) is 0 Å². The van der Waals surface area contributed by atoms with Gasteiger partial charge >= 0.3 is 11.9 Å². The van der Waals surface area contributed by atoms with Gasteiger partial charge in [0, 0.05) is 30.3 Å². The highest BCUT2D eigenvalue weighted by Gasteiger charge is 2.65. The van der Waals surface area contributed by atoms with Gasteiger partial charge in [-0.05, 0) is 26.2 Å². The average molecular weight is 400 g/mol. The summed E-state index contributed by atoms with van der Waals surface area (Å²) in [7, 11) is -3.54. The number of Topliss-reactive ketones (excluding diaryl/α,β-unsaturated/α-hetero) is 1. The van der Waals surface area contributed by atoms with E-state index >= 15 is 0 Å². The second kappa shape index (κ2) is 7.71. The number of hydrogen-bond donors (Lipinski definition) is 0. The molecule has 0 amide bonds. The number of esters is 2. The largest absolute Gasteiger partial charge is 0.462 e. The molecule has 0 aromatic rings. The topological polar surface area (TPSA) is 113 Å².